The molecule has 8 heteroatoms. The van der Waals surface area contributed by atoms with Crippen molar-refractivity contribution in [3.05, 3.63) is 76.3 Å². The second-order valence-corrected chi connectivity index (χ2v) is 7.96. The molecule has 0 spiro atoms. The largest absolute Gasteiger partial charge is 0.373 e. The lowest BCUT2D eigenvalue weighted by atomic mass is 10.1. The van der Waals surface area contributed by atoms with E-state index in [1.54, 1.807) is 7.11 Å². The molecule has 2 aromatic carbocycles. The van der Waals surface area contributed by atoms with Crippen molar-refractivity contribution >= 4 is 11.8 Å². The molecular formula is C21H25NO6S. The first-order valence-electron chi connectivity index (χ1n) is 9.32. The lowest BCUT2D eigenvalue weighted by Crippen LogP contribution is -2.43. The highest BCUT2D eigenvalue weighted by molar-refractivity contribution is 8.00. The Morgan fingerprint density at radius 3 is 2.28 bits per heavy atom. The summed E-state index contributed by atoms with van der Waals surface area (Å²) >= 11 is 1.41. The molecule has 1 aliphatic rings. The quantitative estimate of drug-likeness (QED) is 0.332. The van der Waals surface area contributed by atoms with E-state index in [9.17, 15) is 10.1 Å². The molecule has 0 bridgehead atoms. The summed E-state index contributed by atoms with van der Waals surface area (Å²) in [6.07, 6.45) is -2.22. The molecule has 0 unspecified atom stereocenters. The molecule has 0 aromatic heterocycles. The molecule has 29 heavy (non-hydrogen) atoms. The summed E-state index contributed by atoms with van der Waals surface area (Å²) in [5.74, 6) is 0. The number of nitrogens with zero attached hydrogens (tertiary/aromatic N) is 1. The predicted molar refractivity (Wildman–Crippen MR) is 109 cm³/mol. The van der Waals surface area contributed by atoms with E-state index < -0.39 is 29.9 Å². The summed E-state index contributed by atoms with van der Waals surface area (Å²) in [4.78, 5) is 12.0. The summed E-state index contributed by atoms with van der Waals surface area (Å²) in [6.45, 7) is 0.0884. The van der Waals surface area contributed by atoms with Crippen LogP contribution in [0.2, 0.25) is 0 Å². The van der Waals surface area contributed by atoms with E-state index in [2.05, 4.69) is 0 Å². The van der Waals surface area contributed by atoms with Gasteiger partial charge in [0.15, 0.2) is 6.29 Å². The first kappa shape index (κ1) is 21.7. The van der Waals surface area contributed by atoms with Gasteiger partial charge in [-0.2, -0.15) is 0 Å². The SMILES string of the molecule is CO[C@H]1O[C@H]([C@@H](C[N+](=O)[O-])Sc2ccccc2)[C@@H](OCc2ccccc2)[C@H]1OC. The molecule has 0 aliphatic carbocycles. The van der Waals surface area contributed by atoms with Crippen LogP contribution in [0.25, 0.3) is 0 Å². The van der Waals surface area contributed by atoms with Crippen molar-refractivity contribution in [2.45, 2.75) is 41.4 Å². The first-order valence-corrected chi connectivity index (χ1v) is 10.2. The van der Waals surface area contributed by atoms with Crippen LogP contribution < -0.4 is 0 Å². The van der Waals surface area contributed by atoms with Gasteiger partial charge in [0, 0.05) is 24.0 Å². The Hall–Kier alpha value is -1.97. The van der Waals surface area contributed by atoms with Crippen molar-refractivity contribution in [2.24, 2.45) is 0 Å². The van der Waals surface area contributed by atoms with Crippen LogP contribution in [-0.4, -0.2) is 55.5 Å². The molecule has 7 nitrogen and oxygen atoms in total. The van der Waals surface area contributed by atoms with Gasteiger partial charge in [-0.25, -0.2) is 0 Å². The lowest BCUT2D eigenvalue weighted by molar-refractivity contribution is -0.481. The molecule has 0 amide bonds. The molecule has 1 fully saturated rings. The Morgan fingerprint density at radius 2 is 1.69 bits per heavy atom. The smallest absolute Gasteiger partial charge is 0.218 e. The van der Waals surface area contributed by atoms with Crippen LogP contribution in [0.1, 0.15) is 5.56 Å². The van der Waals surface area contributed by atoms with Crippen LogP contribution in [0.4, 0.5) is 0 Å². The summed E-state index contributed by atoms with van der Waals surface area (Å²) in [5, 5.41) is 10.9. The summed E-state index contributed by atoms with van der Waals surface area (Å²) in [6, 6.07) is 19.3. The maximum absolute atomic E-state index is 11.4. The Bertz CT molecular complexity index is 762. The average molecular weight is 419 g/mol. The molecule has 156 valence electrons. The molecule has 1 saturated heterocycles. The molecule has 0 radical (unpaired) electrons. The number of methoxy groups -OCH3 is 2. The van der Waals surface area contributed by atoms with Gasteiger partial charge in [-0.1, -0.05) is 48.5 Å². The van der Waals surface area contributed by atoms with E-state index in [0.29, 0.717) is 6.61 Å². The summed E-state index contributed by atoms with van der Waals surface area (Å²) < 4.78 is 23.2. The highest BCUT2D eigenvalue weighted by atomic mass is 32.2. The molecule has 0 N–H and O–H groups in total. The maximum Gasteiger partial charge on any atom is 0.218 e. The second-order valence-electron chi connectivity index (χ2n) is 6.65. The Labute approximate surface area is 174 Å². The van der Waals surface area contributed by atoms with Gasteiger partial charge >= 0.3 is 0 Å². The Morgan fingerprint density at radius 1 is 1.03 bits per heavy atom. The standard InChI is InChI=1S/C21H25NO6S/c1-25-20-19(27-14-15-9-5-3-6-10-15)18(28-21(20)26-2)17(13-22(23)24)29-16-11-7-4-8-12-16/h3-12,17-21H,13-14H2,1-2H3/t17-,18-,19-,20-,21+/m1/s1. The van der Waals surface area contributed by atoms with Gasteiger partial charge in [0.2, 0.25) is 6.54 Å². The topological polar surface area (TPSA) is 80.1 Å². The predicted octanol–water partition coefficient (Wildman–Crippen LogP) is 3.40. The van der Waals surface area contributed by atoms with Crippen LogP contribution in [0.15, 0.2) is 65.6 Å². The van der Waals surface area contributed by atoms with Gasteiger partial charge in [-0.15, -0.1) is 11.8 Å². The van der Waals surface area contributed by atoms with Crippen LogP contribution in [0, 0.1) is 10.1 Å². The fourth-order valence-corrected chi connectivity index (χ4v) is 4.58. The van der Waals surface area contributed by atoms with Gasteiger partial charge < -0.3 is 18.9 Å². The number of ether oxygens (including phenoxy) is 4. The fraction of sp³-hybridized carbons (Fsp3) is 0.429. The van der Waals surface area contributed by atoms with Gasteiger partial charge in [-0.05, 0) is 17.7 Å². The van der Waals surface area contributed by atoms with Gasteiger partial charge in [0.1, 0.15) is 23.6 Å². The summed E-state index contributed by atoms with van der Waals surface area (Å²) in [5.41, 5.74) is 1.00. The molecular weight excluding hydrogens is 394 g/mol. The van der Waals surface area contributed by atoms with E-state index in [4.69, 9.17) is 18.9 Å². The zero-order chi connectivity index (χ0) is 20.6. The maximum atomic E-state index is 11.4. The van der Waals surface area contributed by atoms with E-state index >= 15 is 0 Å². The number of rotatable bonds is 10. The highest BCUT2D eigenvalue weighted by Gasteiger charge is 2.50. The zero-order valence-electron chi connectivity index (χ0n) is 16.4. The van der Waals surface area contributed by atoms with E-state index in [1.807, 2.05) is 60.7 Å². The monoisotopic (exact) mass is 419 g/mol. The van der Waals surface area contributed by atoms with Gasteiger partial charge in [0.25, 0.3) is 0 Å². The van der Waals surface area contributed by atoms with Crippen molar-refractivity contribution in [3.63, 3.8) is 0 Å². The minimum atomic E-state index is -0.656. The summed E-state index contributed by atoms with van der Waals surface area (Å²) in [7, 11) is 3.09. The molecule has 5 atom stereocenters. The fourth-order valence-electron chi connectivity index (χ4n) is 3.37. The number of nitro groups is 1. The Kier molecular flexibility index (Phi) is 8.02. The van der Waals surface area contributed by atoms with Crippen LogP contribution in [0.3, 0.4) is 0 Å². The number of hydrogen-bond acceptors (Lipinski definition) is 7. The molecule has 3 rings (SSSR count). The minimum Gasteiger partial charge on any atom is -0.373 e. The van der Waals surface area contributed by atoms with Gasteiger partial charge in [0.05, 0.1) is 6.61 Å². The third-order valence-corrected chi connectivity index (χ3v) is 5.99. The Balaban J connectivity index is 1.82. The molecule has 0 saturated carbocycles. The van der Waals surface area contributed by atoms with Crippen molar-refractivity contribution in [1.82, 2.24) is 0 Å². The normalized spacial score (nSPS) is 25.0. The zero-order valence-corrected chi connectivity index (χ0v) is 17.2. The van der Waals surface area contributed by atoms with Crippen molar-refractivity contribution in [2.75, 3.05) is 20.8 Å². The van der Waals surface area contributed by atoms with E-state index in [0.717, 1.165) is 10.5 Å². The molecule has 2 aromatic rings. The van der Waals surface area contributed by atoms with E-state index in [-0.39, 0.29) is 11.5 Å². The molecule has 1 heterocycles. The average Bonchev–Trinajstić information content (AvgIpc) is 3.10. The van der Waals surface area contributed by atoms with Crippen LogP contribution in [0.5, 0.6) is 0 Å². The van der Waals surface area contributed by atoms with Crippen LogP contribution in [-0.2, 0) is 25.6 Å². The first-order chi connectivity index (χ1) is 14.1. The van der Waals surface area contributed by atoms with Crippen molar-refractivity contribution in [1.29, 1.82) is 0 Å². The third kappa shape index (κ3) is 5.77. The second kappa shape index (κ2) is 10.7. The number of hydrogen-bond donors (Lipinski definition) is 0. The van der Waals surface area contributed by atoms with Gasteiger partial charge in [-0.3, -0.25) is 10.1 Å². The number of benzene rings is 2. The van der Waals surface area contributed by atoms with E-state index in [1.165, 1.54) is 18.9 Å². The van der Waals surface area contributed by atoms with Crippen LogP contribution >= 0.6 is 11.8 Å². The van der Waals surface area contributed by atoms with Crippen molar-refractivity contribution < 1.29 is 23.9 Å². The highest BCUT2D eigenvalue weighted by Crippen LogP contribution is 2.36. The lowest BCUT2D eigenvalue weighted by Gasteiger charge is -2.26. The van der Waals surface area contributed by atoms with Crippen molar-refractivity contribution in [3.8, 4) is 0 Å². The molecule has 1 aliphatic heterocycles. The number of thioether (sulfide) groups is 1. The minimum absolute atomic E-state index is 0.262. The third-order valence-electron chi connectivity index (χ3n) is 4.72.